The van der Waals surface area contributed by atoms with Crippen LogP contribution in [0.15, 0.2) is 41.4 Å². The fourth-order valence-corrected chi connectivity index (χ4v) is 1.51. The van der Waals surface area contributed by atoms with E-state index in [-0.39, 0.29) is 23.9 Å². The maximum atomic E-state index is 10.7. The van der Waals surface area contributed by atoms with Gasteiger partial charge < -0.3 is 4.55 Å². The quantitative estimate of drug-likeness (QED) is 0.556. The van der Waals surface area contributed by atoms with Crippen molar-refractivity contribution >= 4 is 40.8 Å². The molecule has 1 unspecified atom stereocenters. The van der Waals surface area contributed by atoms with Crippen LogP contribution in [0.4, 0.5) is 0 Å². The van der Waals surface area contributed by atoms with Crippen LogP contribution in [0.1, 0.15) is 0 Å². The molecule has 68 valence electrons. The first-order valence-corrected chi connectivity index (χ1v) is 4.85. The van der Waals surface area contributed by atoms with Crippen molar-refractivity contribution in [3.63, 3.8) is 0 Å². The number of rotatable bonds is 1. The molecule has 1 heterocycles. The van der Waals surface area contributed by atoms with Gasteiger partial charge in [-0.2, -0.15) is 0 Å². The van der Waals surface area contributed by atoms with Crippen LogP contribution in [0, 0.1) is 0 Å². The second-order valence-corrected chi connectivity index (χ2v) is 3.51. The number of pyridine rings is 1. The summed E-state index contributed by atoms with van der Waals surface area (Å²) in [7, 11) is 0. The van der Waals surface area contributed by atoms with E-state index in [2.05, 4.69) is 4.98 Å². The molecule has 2 rings (SSSR count). The van der Waals surface area contributed by atoms with Gasteiger partial charge in [0.2, 0.25) is 11.1 Å². The van der Waals surface area contributed by atoms with E-state index in [4.69, 9.17) is 4.55 Å². The number of nitrogens with zero attached hydrogens (tertiary/aromatic N) is 1. The second-order valence-electron chi connectivity index (χ2n) is 2.59. The molecule has 0 amide bonds. The molecule has 0 aliphatic carbocycles. The van der Waals surface area contributed by atoms with Crippen molar-refractivity contribution in [2.45, 2.75) is 5.03 Å². The van der Waals surface area contributed by atoms with Gasteiger partial charge in [-0.05, 0) is 18.2 Å². The third-order valence-corrected chi connectivity index (χ3v) is 2.34. The van der Waals surface area contributed by atoms with Crippen LogP contribution in [0.2, 0.25) is 0 Å². The van der Waals surface area contributed by atoms with E-state index in [0.29, 0.717) is 0 Å². The summed E-state index contributed by atoms with van der Waals surface area (Å²) < 4.78 is 19.5. The SMILES string of the molecule is O=S(O)c1ccc2ccccc2n1.[LiH]. The first-order valence-electron chi connectivity index (χ1n) is 3.74. The van der Waals surface area contributed by atoms with E-state index in [0.717, 1.165) is 10.9 Å². The Labute approximate surface area is 96.0 Å². The molecule has 0 fully saturated rings. The maximum absolute atomic E-state index is 10.7. The Morgan fingerprint density at radius 1 is 1.14 bits per heavy atom. The average Bonchev–Trinajstić information content (AvgIpc) is 2.17. The predicted molar refractivity (Wildman–Crippen MR) is 57.9 cm³/mol. The Kier molecular flexibility index (Phi) is 3.84. The molecule has 1 aromatic carbocycles. The Balaban J connectivity index is 0.000000980. The van der Waals surface area contributed by atoms with Crippen molar-refractivity contribution in [3.8, 4) is 0 Å². The van der Waals surface area contributed by atoms with Crippen molar-refractivity contribution in [2.24, 2.45) is 0 Å². The van der Waals surface area contributed by atoms with Crippen LogP contribution in [0.3, 0.4) is 0 Å². The molecular weight excluding hydrogens is 193 g/mol. The number of benzene rings is 1. The molecule has 0 bridgehead atoms. The molecule has 0 aliphatic rings. The van der Waals surface area contributed by atoms with Crippen molar-refractivity contribution in [2.75, 3.05) is 0 Å². The fraction of sp³-hybridized carbons (Fsp3) is 0. The Bertz CT molecular complexity index is 475. The number of hydrogen-bond donors (Lipinski definition) is 1. The van der Waals surface area contributed by atoms with E-state index in [1.54, 1.807) is 12.1 Å². The van der Waals surface area contributed by atoms with Crippen LogP contribution in [-0.2, 0) is 11.1 Å². The Morgan fingerprint density at radius 2 is 1.86 bits per heavy atom. The number of hydrogen-bond acceptors (Lipinski definition) is 2. The zero-order valence-electron chi connectivity index (χ0n) is 6.68. The van der Waals surface area contributed by atoms with Gasteiger partial charge in [0.15, 0.2) is 5.03 Å². The van der Waals surface area contributed by atoms with Gasteiger partial charge in [-0.15, -0.1) is 0 Å². The zero-order chi connectivity index (χ0) is 9.26. The average molecular weight is 201 g/mol. The molecule has 0 saturated heterocycles. The molecule has 0 aliphatic heterocycles. The van der Waals surface area contributed by atoms with Gasteiger partial charge in [0.1, 0.15) is 0 Å². The summed E-state index contributed by atoms with van der Waals surface area (Å²) >= 11 is -2.00. The van der Waals surface area contributed by atoms with Crippen molar-refractivity contribution in [1.29, 1.82) is 0 Å². The van der Waals surface area contributed by atoms with E-state index in [1.807, 2.05) is 24.3 Å². The van der Waals surface area contributed by atoms with Crippen molar-refractivity contribution in [1.82, 2.24) is 4.98 Å². The Hall–Kier alpha value is -0.663. The van der Waals surface area contributed by atoms with E-state index in [1.165, 1.54) is 0 Å². The van der Waals surface area contributed by atoms with Crippen LogP contribution in [0.5, 0.6) is 0 Å². The number of aromatic nitrogens is 1. The van der Waals surface area contributed by atoms with Crippen LogP contribution < -0.4 is 0 Å². The summed E-state index contributed by atoms with van der Waals surface area (Å²) in [5.74, 6) is 0. The van der Waals surface area contributed by atoms with Crippen molar-refractivity contribution < 1.29 is 8.76 Å². The molecule has 0 saturated carbocycles. The van der Waals surface area contributed by atoms with E-state index >= 15 is 0 Å². The molecule has 14 heavy (non-hydrogen) atoms. The van der Waals surface area contributed by atoms with Crippen LogP contribution in [0.25, 0.3) is 10.9 Å². The van der Waals surface area contributed by atoms with Gasteiger partial charge >= 0.3 is 18.9 Å². The Morgan fingerprint density at radius 3 is 2.57 bits per heavy atom. The third kappa shape index (κ3) is 2.22. The molecule has 2 aromatic rings. The van der Waals surface area contributed by atoms with Crippen LogP contribution in [-0.4, -0.2) is 32.6 Å². The molecule has 5 heteroatoms. The first kappa shape index (κ1) is 11.4. The van der Waals surface area contributed by atoms with Gasteiger partial charge in [-0.1, -0.05) is 18.2 Å². The standard InChI is InChI=1S/C9H7NO2S.Li.H/c11-13(12)9-6-5-7-3-1-2-4-8(7)10-9;;/h1-6H,(H,11,12);;. The van der Waals surface area contributed by atoms with Crippen molar-refractivity contribution in [3.05, 3.63) is 36.4 Å². The molecule has 1 aromatic heterocycles. The van der Waals surface area contributed by atoms with E-state index in [9.17, 15) is 4.21 Å². The van der Waals surface area contributed by atoms with Gasteiger partial charge in [0.25, 0.3) is 0 Å². The summed E-state index contributed by atoms with van der Waals surface area (Å²) in [6, 6.07) is 10.8. The minimum absolute atomic E-state index is 0. The topological polar surface area (TPSA) is 50.2 Å². The number of para-hydroxylation sites is 1. The molecule has 3 nitrogen and oxygen atoms in total. The summed E-state index contributed by atoms with van der Waals surface area (Å²) in [6.45, 7) is 0. The zero-order valence-corrected chi connectivity index (χ0v) is 7.49. The van der Waals surface area contributed by atoms with E-state index < -0.39 is 11.1 Å². The molecule has 0 spiro atoms. The van der Waals surface area contributed by atoms with Gasteiger partial charge in [-0.3, -0.25) is 0 Å². The molecule has 0 radical (unpaired) electrons. The normalized spacial score (nSPS) is 12.1. The summed E-state index contributed by atoms with van der Waals surface area (Å²) in [5.41, 5.74) is 0.738. The first-order chi connectivity index (χ1) is 6.27. The van der Waals surface area contributed by atoms with Crippen LogP contribution >= 0.6 is 0 Å². The van der Waals surface area contributed by atoms with Gasteiger partial charge in [0, 0.05) is 5.39 Å². The summed E-state index contributed by atoms with van der Waals surface area (Å²) in [4.78, 5) is 4.02. The van der Waals surface area contributed by atoms with Gasteiger partial charge in [0.05, 0.1) is 5.52 Å². The molecule has 1 N–H and O–H groups in total. The number of fused-ring (bicyclic) bond motifs is 1. The fourth-order valence-electron chi connectivity index (χ4n) is 1.14. The second kappa shape index (κ2) is 4.72. The van der Waals surface area contributed by atoms with Gasteiger partial charge in [-0.25, -0.2) is 9.19 Å². The third-order valence-electron chi connectivity index (χ3n) is 1.75. The summed E-state index contributed by atoms with van der Waals surface area (Å²) in [6.07, 6.45) is 0. The monoisotopic (exact) mass is 201 g/mol. The summed E-state index contributed by atoms with van der Waals surface area (Å²) in [5, 5.41) is 1.16. The molecule has 1 atom stereocenters. The minimum atomic E-state index is -2.00. The molecular formula is C9H8LiNO2S. The predicted octanol–water partition coefficient (Wildman–Crippen LogP) is 1.17.